The fourth-order valence-corrected chi connectivity index (χ4v) is 3.14. The van der Waals surface area contributed by atoms with E-state index in [0.717, 1.165) is 24.1 Å². The van der Waals surface area contributed by atoms with E-state index in [2.05, 4.69) is 6.92 Å². The van der Waals surface area contributed by atoms with Crippen LogP contribution in [0.5, 0.6) is 0 Å². The van der Waals surface area contributed by atoms with Gasteiger partial charge in [0.15, 0.2) is 0 Å². The molecule has 2 rings (SSSR count). The Balaban J connectivity index is 2.26. The topological polar surface area (TPSA) is 46.3 Å². The molecule has 1 aromatic rings. The first-order chi connectivity index (χ1) is 8.86. The summed E-state index contributed by atoms with van der Waals surface area (Å²) in [6.45, 7) is 4.13. The van der Waals surface area contributed by atoms with Gasteiger partial charge in [-0.1, -0.05) is 31.3 Å². The van der Waals surface area contributed by atoms with Crippen molar-refractivity contribution >= 4 is 28.8 Å². The van der Waals surface area contributed by atoms with Crippen molar-refractivity contribution in [3.63, 3.8) is 0 Å². The molecule has 0 unspecified atom stereocenters. The number of nitrogens with zero attached hydrogens (tertiary/aromatic N) is 1. The first kappa shape index (κ1) is 14.0. The molecule has 4 heteroatoms. The summed E-state index contributed by atoms with van der Waals surface area (Å²) < 4.78 is 0. The zero-order chi connectivity index (χ0) is 14.2. The molecule has 0 spiro atoms. The summed E-state index contributed by atoms with van der Waals surface area (Å²) in [5, 5.41) is 0. The molecule has 1 amide bonds. The van der Waals surface area contributed by atoms with Crippen LogP contribution in [0.3, 0.4) is 0 Å². The summed E-state index contributed by atoms with van der Waals surface area (Å²) in [6, 6.07) is 7.88. The maximum Gasteiger partial charge on any atom is 0.239 e. The van der Waals surface area contributed by atoms with E-state index in [-0.39, 0.29) is 5.91 Å². The van der Waals surface area contributed by atoms with Gasteiger partial charge in [-0.15, -0.1) is 0 Å². The Bertz CT molecular complexity index is 521. The highest BCUT2D eigenvalue weighted by Crippen LogP contribution is 2.47. The minimum absolute atomic E-state index is 0.0173. The highest BCUT2D eigenvalue weighted by molar-refractivity contribution is 7.80. The van der Waals surface area contributed by atoms with Gasteiger partial charge in [0.1, 0.15) is 0 Å². The quantitative estimate of drug-likeness (QED) is 0.863. The SMILES string of the molecule is Cc1cccc(N(C)C(=O)C2(C(N)=S)CC(C)C2)c1. The van der Waals surface area contributed by atoms with E-state index in [1.54, 1.807) is 11.9 Å². The van der Waals surface area contributed by atoms with Gasteiger partial charge >= 0.3 is 0 Å². The van der Waals surface area contributed by atoms with Crippen molar-refractivity contribution in [3.05, 3.63) is 29.8 Å². The molecule has 19 heavy (non-hydrogen) atoms. The number of anilines is 1. The average molecular weight is 276 g/mol. The van der Waals surface area contributed by atoms with E-state index in [1.165, 1.54) is 0 Å². The van der Waals surface area contributed by atoms with Crippen LogP contribution >= 0.6 is 12.2 Å². The van der Waals surface area contributed by atoms with Crippen molar-refractivity contribution in [3.8, 4) is 0 Å². The number of thiocarbonyl (C=S) groups is 1. The number of hydrogen-bond donors (Lipinski definition) is 1. The normalized spacial score (nSPS) is 25.5. The van der Waals surface area contributed by atoms with Crippen LogP contribution in [0, 0.1) is 18.3 Å². The third kappa shape index (κ3) is 2.37. The van der Waals surface area contributed by atoms with Crippen molar-refractivity contribution in [1.82, 2.24) is 0 Å². The maximum absolute atomic E-state index is 12.7. The van der Waals surface area contributed by atoms with E-state index in [4.69, 9.17) is 18.0 Å². The van der Waals surface area contributed by atoms with Gasteiger partial charge in [-0.2, -0.15) is 0 Å². The van der Waals surface area contributed by atoms with Crippen LogP contribution in [0.1, 0.15) is 25.3 Å². The Morgan fingerprint density at radius 2 is 2.11 bits per heavy atom. The molecule has 0 radical (unpaired) electrons. The number of carbonyl (C=O) groups is 1. The number of carbonyl (C=O) groups excluding carboxylic acids is 1. The monoisotopic (exact) mass is 276 g/mol. The van der Waals surface area contributed by atoms with Crippen molar-refractivity contribution in [2.45, 2.75) is 26.7 Å². The van der Waals surface area contributed by atoms with E-state index >= 15 is 0 Å². The molecular weight excluding hydrogens is 256 g/mol. The predicted octanol–water partition coefficient (Wildman–Crippen LogP) is 2.66. The molecular formula is C15H20N2OS. The Morgan fingerprint density at radius 3 is 2.58 bits per heavy atom. The number of benzene rings is 1. The highest BCUT2D eigenvalue weighted by atomic mass is 32.1. The third-order valence-electron chi connectivity index (χ3n) is 3.97. The number of hydrogen-bond acceptors (Lipinski definition) is 2. The number of nitrogens with two attached hydrogens (primary N) is 1. The molecule has 102 valence electrons. The number of aryl methyl sites for hydroxylation is 1. The smallest absolute Gasteiger partial charge is 0.239 e. The fraction of sp³-hybridized carbons (Fsp3) is 0.467. The summed E-state index contributed by atoms with van der Waals surface area (Å²) in [4.78, 5) is 14.7. The minimum Gasteiger partial charge on any atom is -0.392 e. The van der Waals surface area contributed by atoms with E-state index < -0.39 is 5.41 Å². The minimum atomic E-state index is -0.632. The molecule has 0 atom stereocenters. The Hall–Kier alpha value is -1.42. The standard InChI is InChI=1S/C15H20N2OS/c1-10-5-4-6-12(7-10)17(3)14(18)15(13(16)19)8-11(2)9-15/h4-7,11H,8-9H2,1-3H3,(H2,16,19). The summed E-state index contributed by atoms with van der Waals surface area (Å²) >= 11 is 5.14. The average Bonchev–Trinajstić information content (AvgIpc) is 2.32. The van der Waals surface area contributed by atoms with Gasteiger partial charge in [-0.3, -0.25) is 4.79 Å². The van der Waals surface area contributed by atoms with Crippen LogP contribution in [-0.2, 0) is 4.79 Å². The van der Waals surface area contributed by atoms with E-state index in [9.17, 15) is 4.79 Å². The van der Waals surface area contributed by atoms with Gasteiger partial charge < -0.3 is 10.6 Å². The molecule has 1 aliphatic carbocycles. The molecule has 2 N–H and O–H groups in total. The van der Waals surface area contributed by atoms with Gasteiger partial charge in [0.05, 0.1) is 10.4 Å². The third-order valence-corrected chi connectivity index (χ3v) is 4.36. The Kier molecular flexibility index (Phi) is 3.63. The van der Waals surface area contributed by atoms with Gasteiger partial charge in [0.2, 0.25) is 5.91 Å². The predicted molar refractivity (Wildman–Crippen MR) is 82.2 cm³/mol. The molecule has 0 heterocycles. The van der Waals surface area contributed by atoms with Crippen LogP contribution < -0.4 is 10.6 Å². The molecule has 0 aromatic heterocycles. The van der Waals surface area contributed by atoms with Gasteiger partial charge in [0, 0.05) is 12.7 Å². The lowest BCUT2D eigenvalue weighted by molar-refractivity contribution is -0.129. The van der Waals surface area contributed by atoms with Crippen LogP contribution in [0.25, 0.3) is 0 Å². The number of rotatable bonds is 3. The molecule has 3 nitrogen and oxygen atoms in total. The lowest BCUT2D eigenvalue weighted by Crippen LogP contribution is -2.56. The van der Waals surface area contributed by atoms with Crippen LogP contribution in [0.4, 0.5) is 5.69 Å². The summed E-state index contributed by atoms with van der Waals surface area (Å²) in [5.74, 6) is 0.528. The summed E-state index contributed by atoms with van der Waals surface area (Å²) in [7, 11) is 1.79. The molecule has 1 aromatic carbocycles. The lowest BCUT2D eigenvalue weighted by Gasteiger charge is -2.46. The second-order valence-corrected chi connectivity index (χ2v) is 6.10. The zero-order valence-electron chi connectivity index (χ0n) is 11.6. The van der Waals surface area contributed by atoms with Crippen molar-refractivity contribution in [1.29, 1.82) is 0 Å². The molecule has 0 saturated heterocycles. The molecule has 0 aliphatic heterocycles. The first-order valence-corrected chi connectivity index (χ1v) is 6.92. The maximum atomic E-state index is 12.7. The Morgan fingerprint density at radius 1 is 1.47 bits per heavy atom. The van der Waals surface area contributed by atoms with Gasteiger partial charge in [-0.25, -0.2) is 0 Å². The van der Waals surface area contributed by atoms with Gasteiger partial charge in [-0.05, 0) is 43.4 Å². The van der Waals surface area contributed by atoms with Crippen molar-refractivity contribution < 1.29 is 4.79 Å². The van der Waals surface area contributed by atoms with Gasteiger partial charge in [0.25, 0.3) is 0 Å². The largest absolute Gasteiger partial charge is 0.392 e. The van der Waals surface area contributed by atoms with Crippen molar-refractivity contribution in [2.75, 3.05) is 11.9 Å². The molecule has 1 saturated carbocycles. The second-order valence-electron chi connectivity index (χ2n) is 5.66. The molecule has 0 bridgehead atoms. The highest BCUT2D eigenvalue weighted by Gasteiger charge is 2.52. The zero-order valence-corrected chi connectivity index (χ0v) is 12.5. The first-order valence-electron chi connectivity index (χ1n) is 6.51. The van der Waals surface area contributed by atoms with Crippen molar-refractivity contribution in [2.24, 2.45) is 17.1 Å². The fourth-order valence-electron chi connectivity index (χ4n) is 2.89. The summed E-state index contributed by atoms with van der Waals surface area (Å²) in [5.41, 5.74) is 7.21. The van der Waals surface area contributed by atoms with Crippen LogP contribution in [-0.4, -0.2) is 17.9 Å². The second kappa shape index (κ2) is 4.93. The van der Waals surface area contributed by atoms with E-state index in [0.29, 0.717) is 10.9 Å². The molecule has 1 fully saturated rings. The van der Waals surface area contributed by atoms with Crippen LogP contribution in [0.15, 0.2) is 24.3 Å². The molecule has 1 aliphatic rings. The number of amides is 1. The van der Waals surface area contributed by atoms with E-state index in [1.807, 2.05) is 31.2 Å². The Labute approximate surface area is 119 Å². The van der Waals surface area contributed by atoms with Crippen LogP contribution in [0.2, 0.25) is 0 Å². The summed E-state index contributed by atoms with van der Waals surface area (Å²) in [6.07, 6.45) is 1.52. The lowest BCUT2D eigenvalue weighted by atomic mass is 9.61.